The lowest BCUT2D eigenvalue weighted by atomic mass is 9.98. The van der Waals surface area contributed by atoms with Crippen LogP contribution in [-0.4, -0.2) is 27.9 Å². The SMILES string of the molecule is CC[C@@H](C)[C@H](C)N(C(=O)c1ccc(Cl)nc1)C1CC1. The average molecular weight is 281 g/mol. The molecule has 1 amide bonds. The van der Waals surface area contributed by atoms with Crippen molar-refractivity contribution < 1.29 is 4.79 Å². The van der Waals surface area contributed by atoms with Crippen LogP contribution in [0.15, 0.2) is 18.3 Å². The van der Waals surface area contributed by atoms with Crippen LogP contribution < -0.4 is 0 Å². The van der Waals surface area contributed by atoms with Crippen molar-refractivity contribution in [2.24, 2.45) is 5.92 Å². The first-order valence-electron chi connectivity index (χ1n) is 6.98. The molecule has 0 aromatic carbocycles. The van der Waals surface area contributed by atoms with Gasteiger partial charge in [-0.1, -0.05) is 31.9 Å². The van der Waals surface area contributed by atoms with Crippen molar-refractivity contribution in [1.29, 1.82) is 0 Å². The number of nitrogens with zero attached hydrogens (tertiary/aromatic N) is 2. The molecule has 0 spiro atoms. The fourth-order valence-electron chi connectivity index (χ4n) is 2.30. The molecule has 4 heteroatoms. The van der Waals surface area contributed by atoms with E-state index in [1.807, 2.05) is 4.90 Å². The van der Waals surface area contributed by atoms with Crippen LogP contribution >= 0.6 is 11.6 Å². The fourth-order valence-corrected chi connectivity index (χ4v) is 2.41. The molecule has 0 saturated heterocycles. The van der Waals surface area contributed by atoms with Crippen LogP contribution in [-0.2, 0) is 0 Å². The predicted octanol–water partition coefficient (Wildman–Crippen LogP) is 3.77. The van der Waals surface area contributed by atoms with Gasteiger partial charge in [0.1, 0.15) is 5.15 Å². The molecule has 0 N–H and O–H groups in total. The maximum atomic E-state index is 12.6. The van der Waals surface area contributed by atoms with Crippen LogP contribution in [0.2, 0.25) is 5.15 Å². The molecule has 2 rings (SSSR count). The summed E-state index contributed by atoms with van der Waals surface area (Å²) in [4.78, 5) is 18.7. The van der Waals surface area contributed by atoms with E-state index in [1.54, 1.807) is 18.3 Å². The third-order valence-electron chi connectivity index (χ3n) is 4.06. The number of rotatable bonds is 5. The van der Waals surface area contributed by atoms with Crippen LogP contribution in [0.3, 0.4) is 0 Å². The molecule has 1 aromatic rings. The molecule has 1 aliphatic rings. The Morgan fingerprint density at radius 1 is 1.47 bits per heavy atom. The Hall–Kier alpha value is -1.09. The molecule has 3 nitrogen and oxygen atoms in total. The van der Waals surface area contributed by atoms with Crippen molar-refractivity contribution in [3.05, 3.63) is 29.0 Å². The molecule has 2 atom stereocenters. The summed E-state index contributed by atoms with van der Waals surface area (Å²) in [5.41, 5.74) is 0.631. The van der Waals surface area contributed by atoms with Crippen molar-refractivity contribution >= 4 is 17.5 Å². The van der Waals surface area contributed by atoms with E-state index < -0.39 is 0 Å². The van der Waals surface area contributed by atoms with Crippen LogP contribution in [0, 0.1) is 5.92 Å². The largest absolute Gasteiger partial charge is 0.333 e. The molecular weight excluding hydrogens is 260 g/mol. The smallest absolute Gasteiger partial charge is 0.255 e. The minimum atomic E-state index is 0.0828. The van der Waals surface area contributed by atoms with Gasteiger partial charge < -0.3 is 4.90 Å². The van der Waals surface area contributed by atoms with E-state index in [0.717, 1.165) is 19.3 Å². The first-order valence-corrected chi connectivity index (χ1v) is 7.36. The summed E-state index contributed by atoms with van der Waals surface area (Å²) >= 11 is 5.77. The molecule has 1 saturated carbocycles. The summed E-state index contributed by atoms with van der Waals surface area (Å²) in [6.45, 7) is 6.52. The van der Waals surface area contributed by atoms with E-state index in [4.69, 9.17) is 11.6 Å². The number of halogens is 1. The zero-order chi connectivity index (χ0) is 14.0. The Morgan fingerprint density at radius 2 is 2.16 bits per heavy atom. The number of hydrogen-bond donors (Lipinski definition) is 0. The second-order valence-electron chi connectivity index (χ2n) is 5.44. The second-order valence-corrected chi connectivity index (χ2v) is 5.83. The molecule has 0 radical (unpaired) electrons. The Kier molecular flexibility index (Phi) is 4.46. The van der Waals surface area contributed by atoms with E-state index in [0.29, 0.717) is 22.7 Å². The van der Waals surface area contributed by atoms with Gasteiger partial charge in [-0.25, -0.2) is 4.98 Å². The molecule has 0 unspecified atom stereocenters. The van der Waals surface area contributed by atoms with E-state index in [-0.39, 0.29) is 11.9 Å². The number of carbonyl (C=O) groups is 1. The van der Waals surface area contributed by atoms with Crippen LogP contribution in [0.4, 0.5) is 0 Å². The highest BCUT2D eigenvalue weighted by atomic mass is 35.5. The van der Waals surface area contributed by atoms with E-state index in [2.05, 4.69) is 25.8 Å². The van der Waals surface area contributed by atoms with Gasteiger partial charge in [0.25, 0.3) is 5.91 Å². The zero-order valence-corrected chi connectivity index (χ0v) is 12.5. The van der Waals surface area contributed by atoms with Crippen molar-refractivity contribution in [3.63, 3.8) is 0 Å². The Balaban J connectivity index is 2.19. The molecule has 0 bridgehead atoms. The Labute approximate surface area is 120 Å². The molecule has 0 aliphatic heterocycles. The molecule has 1 aromatic heterocycles. The number of hydrogen-bond acceptors (Lipinski definition) is 2. The standard InChI is InChI=1S/C15H21ClN2O/c1-4-10(2)11(3)18(13-6-7-13)15(19)12-5-8-14(16)17-9-12/h5,8-11,13H,4,6-7H2,1-3H3/t10-,11+/m1/s1. The van der Waals surface area contributed by atoms with Crippen molar-refractivity contribution in [2.75, 3.05) is 0 Å². The molecular formula is C15H21ClN2O. The average Bonchev–Trinajstić information content (AvgIpc) is 3.23. The third-order valence-corrected chi connectivity index (χ3v) is 4.28. The second kappa shape index (κ2) is 5.91. The normalized spacial score (nSPS) is 17.9. The number of carbonyl (C=O) groups excluding carboxylic acids is 1. The highest BCUT2D eigenvalue weighted by Gasteiger charge is 2.37. The van der Waals surface area contributed by atoms with Gasteiger partial charge in [0.05, 0.1) is 5.56 Å². The monoisotopic (exact) mass is 280 g/mol. The van der Waals surface area contributed by atoms with E-state index in [9.17, 15) is 4.79 Å². The van der Waals surface area contributed by atoms with Crippen molar-refractivity contribution in [1.82, 2.24) is 9.88 Å². The highest BCUT2D eigenvalue weighted by Crippen LogP contribution is 2.32. The number of amides is 1. The van der Waals surface area contributed by atoms with Crippen LogP contribution in [0.1, 0.15) is 50.4 Å². The van der Waals surface area contributed by atoms with Gasteiger partial charge in [-0.05, 0) is 37.8 Å². The summed E-state index contributed by atoms with van der Waals surface area (Å²) in [6.07, 6.45) is 4.89. The lowest BCUT2D eigenvalue weighted by Crippen LogP contribution is -2.43. The van der Waals surface area contributed by atoms with Crippen molar-refractivity contribution in [2.45, 2.75) is 52.1 Å². The van der Waals surface area contributed by atoms with Gasteiger partial charge >= 0.3 is 0 Å². The number of pyridine rings is 1. The summed E-state index contributed by atoms with van der Waals surface area (Å²) < 4.78 is 0. The summed E-state index contributed by atoms with van der Waals surface area (Å²) in [6, 6.07) is 4.11. The summed E-state index contributed by atoms with van der Waals surface area (Å²) in [5, 5.41) is 0.421. The highest BCUT2D eigenvalue weighted by molar-refractivity contribution is 6.29. The van der Waals surface area contributed by atoms with Gasteiger partial charge in [-0.2, -0.15) is 0 Å². The maximum absolute atomic E-state index is 12.6. The quantitative estimate of drug-likeness (QED) is 0.769. The first-order chi connectivity index (χ1) is 9.04. The minimum absolute atomic E-state index is 0.0828. The minimum Gasteiger partial charge on any atom is -0.333 e. The van der Waals surface area contributed by atoms with Crippen LogP contribution in [0.25, 0.3) is 0 Å². The topological polar surface area (TPSA) is 33.2 Å². The molecule has 19 heavy (non-hydrogen) atoms. The predicted molar refractivity (Wildman–Crippen MR) is 77.4 cm³/mol. The molecule has 1 aliphatic carbocycles. The summed E-state index contributed by atoms with van der Waals surface area (Å²) in [7, 11) is 0. The van der Waals surface area contributed by atoms with Gasteiger partial charge in [0.2, 0.25) is 0 Å². The Morgan fingerprint density at radius 3 is 2.63 bits per heavy atom. The van der Waals surface area contributed by atoms with Gasteiger partial charge in [0, 0.05) is 18.3 Å². The lowest BCUT2D eigenvalue weighted by Gasteiger charge is -2.33. The van der Waals surface area contributed by atoms with E-state index >= 15 is 0 Å². The molecule has 1 heterocycles. The van der Waals surface area contributed by atoms with Gasteiger partial charge in [-0.3, -0.25) is 4.79 Å². The van der Waals surface area contributed by atoms with Crippen molar-refractivity contribution in [3.8, 4) is 0 Å². The third kappa shape index (κ3) is 3.27. The summed E-state index contributed by atoms with van der Waals surface area (Å²) in [5.74, 6) is 0.587. The van der Waals surface area contributed by atoms with E-state index in [1.165, 1.54) is 0 Å². The maximum Gasteiger partial charge on any atom is 0.255 e. The van der Waals surface area contributed by atoms with Gasteiger partial charge in [0.15, 0.2) is 0 Å². The first kappa shape index (κ1) is 14.3. The Bertz CT molecular complexity index is 442. The fraction of sp³-hybridized carbons (Fsp3) is 0.600. The van der Waals surface area contributed by atoms with Gasteiger partial charge in [-0.15, -0.1) is 0 Å². The molecule has 1 fully saturated rings. The number of aromatic nitrogens is 1. The molecule has 104 valence electrons. The lowest BCUT2D eigenvalue weighted by molar-refractivity contribution is 0.0615. The zero-order valence-electron chi connectivity index (χ0n) is 11.8. The van der Waals surface area contributed by atoms with Crippen LogP contribution in [0.5, 0.6) is 0 Å².